The van der Waals surface area contributed by atoms with Gasteiger partial charge in [0.15, 0.2) is 0 Å². The van der Waals surface area contributed by atoms with Gasteiger partial charge in [-0.3, -0.25) is 4.79 Å². The first kappa shape index (κ1) is 14.9. The lowest BCUT2D eigenvalue weighted by Crippen LogP contribution is -2.37. The van der Waals surface area contributed by atoms with E-state index in [0.29, 0.717) is 24.6 Å². The monoisotopic (exact) mass is 362 g/mol. The third-order valence-electron chi connectivity index (χ3n) is 3.30. The third kappa shape index (κ3) is 3.61. The molecule has 22 heavy (non-hydrogen) atoms. The van der Waals surface area contributed by atoms with Crippen molar-refractivity contribution in [3.8, 4) is 0 Å². The Morgan fingerprint density at radius 1 is 1.23 bits per heavy atom. The lowest BCUT2D eigenvalue weighted by atomic mass is 10.3. The van der Waals surface area contributed by atoms with Crippen LogP contribution in [0.3, 0.4) is 0 Å². The molecular weight excluding hydrogens is 348 g/mol. The molecule has 0 aliphatic carbocycles. The molecule has 3 rings (SSSR count). The number of morpholine rings is 1. The summed E-state index contributed by atoms with van der Waals surface area (Å²) in [5.74, 6) is 0.493. The quantitative estimate of drug-likeness (QED) is 0.907. The largest absolute Gasteiger partial charge is 0.378 e. The Kier molecular flexibility index (Phi) is 4.65. The van der Waals surface area contributed by atoms with Gasteiger partial charge in [0.05, 0.1) is 13.2 Å². The molecule has 6 nitrogen and oxygen atoms in total. The molecule has 1 aromatic carbocycles. The number of hydrogen-bond acceptors (Lipinski definition) is 5. The summed E-state index contributed by atoms with van der Waals surface area (Å²) in [5.41, 5.74) is 1.06. The van der Waals surface area contributed by atoms with Crippen LogP contribution in [-0.2, 0) is 4.74 Å². The molecule has 2 aromatic rings. The number of nitrogens with one attached hydrogen (secondary N) is 1. The van der Waals surface area contributed by atoms with Crippen molar-refractivity contribution in [2.24, 2.45) is 0 Å². The number of benzene rings is 1. The molecule has 2 heterocycles. The van der Waals surface area contributed by atoms with Gasteiger partial charge in [0, 0.05) is 29.3 Å². The Morgan fingerprint density at radius 3 is 2.82 bits per heavy atom. The third-order valence-corrected chi connectivity index (χ3v) is 3.80. The second-order valence-corrected chi connectivity index (χ2v) is 5.74. The second-order valence-electron chi connectivity index (χ2n) is 4.83. The van der Waals surface area contributed by atoms with E-state index < -0.39 is 0 Å². The Morgan fingerprint density at radius 2 is 2.05 bits per heavy atom. The highest BCUT2D eigenvalue weighted by atomic mass is 79.9. The molecule has 1 fully saturated rings. The summed E-state index contributed by atoms with van der Waals surface area (Å²) in [5, 5.41) is 2.83. The first-order chi connectivity index (χ1) is 10.7. The van der Waals surface area contributed by atoms with Crippen molar-refractivity contribution in [2.45, 2.75) is 0 Å². The fraction of sp³-hybridized carbons (Fsp3) is 0.267. The summed E-state index contributed by atoms with van der Waals surface area (Å²) >= 11 is 3.38. The molecule has 1 amide bonds. The molecule has 114 valence electrons. The summed E-state index contributed by atoms with van der Waals surface area (Å²) in [7, 11) is 0. The SMILES string of the molecule is O=C(Nc1cccc(Br)c1)c1cc(N2CCOCC2)ncn1. The summed E-state index contributed by atoms with van der Waals surface area (Å²) in [6.45, 7) is 2.88. The van der Waals surface area contributed by atoms with Crippen molar-refractivity contribution in [2.75, 3.05) is 36.5 Å². The standard InChI is InChI=1S/C15H15BrN4O2/c16-11-2-1-3-12(8-11)19-15(21)13-9-14(18-10-17-13)20-4-6-22-7-5-20/h1-3,8-10H,4-7H2,(H,19,21). The lowest BCUT2D eigenvalue weighted by molar-refractivity contribution is 0.102. The Labute approximate surface area is 136 Å². The van der Waals surface area contributed by atoms with Crippen LogP contribution in [0.1, 0.15) is 10.5 Å². The number of carbonyl (C=O) groups is 1. The van der Waals surface area contributed by atoms with Crippen molar-refractivity contribution < 1.29 is 9.53 Å². The topological polar surface area (TPSA) is 67.4 Å². The molecule has 7 heteroatoms. The molecule has 0 atom stereocenters. The number of rotatable bonds is 3. The van der Waals surface area contributed by atoms with Gasteiger partial charge in [0.25, 0.3) is 5.91 Å². The number of nitrogens with zero attached hydrogens (tertiary/aromatic N) is 3. The normalized spacial score (nSPS) is 14.7. The average molecular weight is 363 g/mol. The van der Waals surface area contributed by atoms with Gasteiger partial charge in [-0.1, -0.05) is 22.0 Å². The lowest BCUT2D eigenvalue weighted by Gasteiger charge is -2.27. The van der Waals surface area contributed by atoms with Crippen LogP contribution in [0.25, 0.3) is 0 Å². The minimum atomic E-state index is -0.255. The number of anilines is 2. The van der Waals surface area contributed by atoms with Crippen LogP contribution in [0.15, 0.2) is 41.1 Å². The number of aromatic nitrogens is 2. The van der Waals surface area contributed by atoms with E-state index in [1.807, 2.05) is 24.3 Å². The van der Waals surface area contributed by atoms with Gasteiger partial charge >= 0.3 is 0 Å². The number of carbonyl (C=O) groups excluding carboxylic acids is 1. The Balaban J connectivity index is 1.75. The molecule has 0 unspecified atom stereocenters. The van der Waals surface area contributed by atoms with Crippen molar-refractivity contribution in [1.82, 2.24) is 9.97 Å². The molecule has 0 bridgehead atoms. The summed E-state index contributed by atoms with van der Waals surface area (Å²) in [6.07, 6.45) is 1.42. The summed E-state index contributed by atoms with van der Waals surface area (Å²) < 4.78 is 6.22. The van der Waals surface area contributed by atoms with Crippen LogP contribution in [0.2, 0.25) is 0 Å². The van der Waals surface area contributed by atoms with Crippen LogP contribution < -0.4 is 10.2 Å². The highest BCUT2D eigenvalue weighted by Crippen LogP contribution is 2.17. The molecule has 0 spiro atoms. The molecule has 1 N–H and O–H groups in total. The van der Waals surface area contributed by atoms with Gasteiger partial charge in [0.1, 0.15) is 17.8 Å². The number of halogens is 1. The van der Waals surface area contributed by atoms with Crippen molar-refractivity contribution in [3.63, 3.8) is 0 Å². The smallest absolute Gasteiger partial charge is 0.274 e. The Bertz CT molecular complexity index is 674. The summed E-state index contributed by atoms with van der Waals surface area (Å²) in [4.78, 5) is 22.7. The van der Waals surface area contributed by atoms with Gasteiger partial charge in [-0.2, -0.15) is 0 Å². The minimum Gasteiger partial charge on any atom is -0.378 e. The van der Waals surface area contributed by atoms with E-state index >= 15 is 0 Å². The molecule has 1 saturated heterocycles. The maximum atomic E-state index is 12.3. The van der Waals surface area contributed by atoms with Crippen molar-refractivity contribution in [3.05, 3.63) is 46.8 Å². The summed E-state index contributed by atoms with van der Waals surface area (Å²) in [6, 6.07) is 9.13. The Hall–Kier alpha value is -1.99. The average Bonchev–Trinajstić information content (AvgIpc) is 2.56. The van der Waals surface area contributed by atoms with Gasteiger partial charge < -0.3 is 15.0 Å². The molecule has 1 aliphatic heterocycles. The van der Waals surface area contributed by atoms with Gasteiger partial charge in [-0.05, 0) is 18.2 Å². The number of amides is 1. The molecule has 1 aliphatic rings. The van der Waals surface area contributed by atoms with E-state index in [9.17, 15) is 4.79 Å². The molecule has 0 saturated carbocycles. The fourth-order valence-electron chi connectivity index (χ4n) is 2.20. The van der Waals surface area contributed by atoms with E-state index in [2.05, 4.69) is 36.1 Å². The number of hydrogen-bond donors (Lipinski definition) is 1. The molecule has 1 aromatic heterocycles. The zero-order valence-corrected chi connectivity index (χ0v) is 13.4. The van der Waals surface area contributed by atoms with E-state index in [1.54, 1.807) is 6.07 Å². The first-order valence-electron chi connectivity index (χ1n) is 6.94. The van der Waals surface area contributed by atoms with Crippen LogP contribution in [0.4, 0.5) is 11.5 Å². The highest BCUT2D eigenvalue weighted by Gasteiger charge is 2.15. The van der Waals surface area contributed by atoms with Gasteiger partial charge in [-0.15, -0.1) is 0 Å². The maximum absolute atomic E-state index is 12.3. The fourth-order valence-corrected chi connectivity index (χ4v) is 2.60. The van der Waals surface area contributed by atoms with E-state index in [0.717, 1.165) is 23.4 Å². The number of ether oxygens (including phenoxy) is 1. The zero-order chi connectivity index (χ0) is 15.4. The van der Waals surface area contributed by atoms with Crippen molar-refractivity contribution >= 4 is 33.3 Å². The highest BCUT2D eigenvalue weighted by molar-refractivity contribution is 9.10. The van der Waals surface area contributed by atoms with Crippen molar-refractivity contribution in [1.29, 1.82) is 0 Å². The maximum Gasteiger partial charge on any atom is 0.274 e. The molecular formula is C15H15BrN4O2. The second kappa shape index (κ2) is 6.85. The van der Waals surface area contributed by atoms with Crippen LogP contribution >= 0.6 is 15.9 Å². The van der Waals surface area contributed by atoms with Gasteiger partial charge in [0.2, 0.25) is 0 Å². The zero-order valence-electron chi connectivity index (χ0n) is 11.8. The van der Waals surface area contributed by atoms with E-state index in [1.165, 1.54) is 6.33 Å². The van der Waals surface area contributed by atoms with Crippen LogP contribution in [-0.4, -0.2) is 42.2 Å². The van der Waals surface area contributed by atoms with Gasteiger partial charge in [-0.25, -0.2) is 9.97 Å². The van der Waals surface area contributed by atoms with Crippen LogP contribution in [0, 0.1) is 0 Å². The van der Waals surface area contributed by atoms with Crippen LogP contribution in [0.5, 0.6) is 0 Å². The first-order valence-corrected chi connectivity index (χ1v) is 7.73. The van der Waals surface area contributed by atoms with E-state index in [-0.39, 0.29) is 5.91 Å². The minimum absolute atomic E-state index is 0.255. The predicted molar refractivity (Wildman–Crippen MR) is 87.2 cm³/mol. The molecule has 0 radical (unpaired) electrons. The van der Waals surface area contributed by atoms with E-state index in [4.69, 9.17) is 4.74 Å². The predicted octanol–water partition coefficient (Wildman–Crippen LogP) is 2.33.